The second kappa shape index (κ2) is 11.9. The molecule has 0 saturated carbocycles. The maximum absolute atomic E-state index is 14.1. The van der Waals surface area contributed by atoms with E-state index in [2.05, 4.69) is 0 Å². The van der Waals surface area contributed by atoms with Crippen LogP contribution in [0.1, 0.15) is 38.3 Å². The molecule has 1 heterocycles. The molecule has 2 aromatic rings. The van der Waals surface area contributed by atoms with Gasteiger partial charge in [-0.25, -0.2) is 13.6 Å². The predicted octanol–water partition coefficient (Wildman–Crippen LogP) is 5.37. The number of carbonyl (C=O) groups is 2. The number of halogens is 2. The van der Waals surface area contributed by atoms with E-state index in [-0.39, 0.29) is 36.6 Å². The van der Waals surface area contributed by atoms with Gasteiger partial charge in [-0.2, -0.15) is 0 Å². The lowest BCUT2D eigenvalue weighted by Crippen LogP contribution is -2.55. The first kappa shape index (κ1) is 29.7. The summed E-state index contributed by atoms with van der Waals surface area (Å²) in [4.78, 5) is 26.9. The Morgan fingerprint density at radius 2 is 1.68 bits per heavy atom. The number of amides is 1. The molecule has 38 heavy (non-hydrogen) atoms. The average molecular weight is 550 g/mol. The first-order valence-electron chi connectivity index (χ1n) is 12.7. The van der Waals surface area contributed by atoms with Gasteiger partial charge in [0.25, 0.3) is 0 Å². The number of rotatable bonds is 9. The Morgan fingerprint density at radius 1 is 1.08 bits per heavy atom. The van der Waals surface area contributed by atoms with E-state index in [0.717, 1.165) is 28.7 Å². The molecule has 208 valence electrons. The quantitative estimate of drug-likeness (QED) is 0.323. The van der Waals surface area contributed by atoms with Gasteiger partial charge in [0.05, 0.1) is 30.7 Å². The van der Waals surface area contributed by atoms with Crippen LogP contribution in [0.25, 0.3) is 0 Å². The fourth-order valence-corrected chi connectivity index (χ4v) is 5.83. The third kappa shape index (κ3) is 7.39. The highest BCUT2D eigenvalue weighted by Gasteiger charge is 2.50. The molecule has 10 heteroatoms. The lowest BCUT2D eigenvalue weighted by atomic mass is 9.88. The molecule has 1 aliphatic heterocycles. The zero-order valence-electron chi connectivity index (χ0n) is 22.5. The summed E-state index contributed by atoms with van der Waals surface area (Å²) in [5, 5.41) is 20.0. The minimum atomic E-state index is -2.61. The van der Waals surface area contributed by atoms with Gasteiger partial charge >= 0.3 is 12.1 Å². The zero-order chi connectivity index (χ0) is 28.3. The standard InChI is InChI=1S/C28H37F2NO6Si/c1-28(2,3)38(4,5)37-25(24-15-22(32)16-31(24)27(34)35)23(13-19-11-20(29)14-21(30)12-19)26(33)36-17-18-9-7-6-8-10-18/h6-12,14,22-25,32H,13,15-17H2,1-5H3,(H,34,35). The summed E-state index contributed by atoms with van der Waals surface area (Å²) in [6.07, 6.45) is -3.27. The number of nitrogens with zero attached hydrogens (tertiary/aromatic N) is 1. The summed E-state index contributed by atoms with van der Waals surface area (Å²) in [5.74, 6) is -3.34. The van der Waals surface area contributed by atoms with Crippen molar-refractivity contribution in [2.45, 2.75) is 76.6 Å². The van der Waals surface area contributed by atoms with Crippen LogP contribution in [0, 0.1) is 17.6 Å². The van der Waals surface area contributed by atoms with Gasteiger partial charge in [-0.1, -0.05) is 51.1 Å². The average Bonchev–Trinajstić information content (AvgIpc) is 3.21. The van der Waals surface area contributed by atoms with Crippen LogP contribution in [0.5, 0.6) is 0 Å². The zero-order valence-corrected chi connectivity index (χ0v) is 23.5. The Bertz CT molecular complexity index is 1100. The van der Waals surface area contributed by atoms with E-state index >= 15 is 0 Å². The lowest BCUT2D eigenvalue weighted by Gasteiger charge is -2.44. The minimum absolute atomic E-state index is 0.0313. The van der Waals surface area contributed by atoms with Crippen molar-refractivity contribution in [3.63, 3.8) is 0 Å². The van der Waals surface area contributed by atoms with Crippen molar-refractivity contribution in [1.82, 2.24) is 4.90 Å². The number of benzene rings is 2. The highest BCUT2D eigenvalue weighted by atomic mass is 28.4. The second-order valence-electron chi connectivity index (χ2n) is 11.4. The van der Waals surface area contributed by atoms with Crippen LogP contribution in [0.4, 0.5) is 13.6 Å². The first-order valence-corrected chi connectivity index (χ1v) is 15.6. The van der Waals surface area contributed by atoms with Gasteiger partial charge in [0.2, 0.25) is 0 Å². The summed E-state index contributed by atoms with van der Waals surface area (Å²) < 4.78 is 40.6. The molecule has 1 saturated heterocycles. The summed E-state index contributed by atoms with van der Waals surface area (Å²) in [5.41, 5.74) is 0.968. The van der Waals surface area contributed by atoms with Gasteiger partial charge in [-0.15, -0.1) is 0 Å². The molecule has 4 atom stereocenters. The fourth-order valence-electron chi connectivity index (χ4n) is 4.47. The number of hydrogen-bond donors (Lipinski definition) is 2. The third-order valence-corrected chi connectivity index (χ3v) is 12.0. The number of aliphatic hydroxyl groups excluding tert-OH is 1. The SMILES string of the molecule is CC(C)(C)[Si](C)(C)OC(C(Cc1cc(F)cc(F)c1)C(=O)OCc1ccccc1)C1CC(O)CN1C(=O)O. The van der Waals surface area contributed by atoms with E-state index in [1.807, 2.05) is 52.1 Å². The Kier molecular flexibility index (Phi) is 9.33. The molecule has 2 aromatic carbocycles. The first-order chi connectivity index (χ1) is 17.7. The molecule has 0 aliphatic carbocycles. The van der Waals surface area contributed by atoms with Gasteiger partial charge < -0.3 is 24.3 Å². The molecule has 1 fully saturated rings. The number of carbonyl (C=O) groups excluding carboxylic acids is 1. The van der Waals surface area contributed by atoms with Gasteiger partial charge in [-0.3, -0.25) is 4.79 Å². The van der Waals surface area contributed by atoms with Crippen molar-refractivity contribution in [2.75, 3.05) is 6.54 Å². The molecule has 1 amide bonds. The molecule has 3 rings (SSSR count). The van der Waals surface area contributed by atoms with Crippen LogP contribution < -0.4 is 0 Å². The molecule has 2 N–H and O–H groups in total. The summed E-state index contributed by atoms with van der Waals surface area (Å²) in [6.45, 7) is 9.84. The number of aliphatic hydroxyl groups is 1. The van der Waals surface area contributed by atoms with Crippen molar-refractivity contribution in [1.29, 1.82) is 0 Å². The monoisotopic (exact) mass is 549 g/mol. The van der Waals surface area contributed by atoms with Gasteiger partial charge in [0.15, 0.2) is 8.32 Å². The van der Waals surface area contributed by atoms with Crippen molar-refractivity contribution >= 4 is 20.4 Å². The Hall–Kier alpha value is -2.82. The van der Waals surface area contributed by atoms with E-state index < -0.39 is 56.2 Å². The summed E-state index contributed by atoms with van der Waals surface area (Å²) in [6, 6.07) is 11.2. The number of β-amino-alcohol motifs (C(OH)–C–C–N with tert-alkyl or cyclic N) is 1. The van der Waals surface area contributed by atoms with E-state index in [1.165, 1.54) is 0 Å². The smallest absolute Gasteiger partial charge is 0.407 e. The number of carboxylic acid groups (broad SMARTS) is 1. The molecule has 4 unspecified atom stereocenters. The van der Waals surface area contributed by atoms with E-state index in [4.69, 9.17) is 9.16 Å². The largest absolute Gasteiger partial charge is 0.465 e. The number of hydrogen-bond acceptors (Lipinski definition) is 5. The molecule has 7 nitrogen and oxygen atoms in total. The van der Waals surface area contributed by atoms with Crippen LogP contribution in [0.2, 0.25) is 18.1 Å². The van der Waals surface area contributed by atoms with Crippen LogP contribution in [-0.4, -0.2) is 60.3 Å². The maximum atomic E-state index is 14.1. The molecule has 0 spiro atoms. The van der Waals surface area contributed by atoms with Crippen LogP contribution in [0.3, 0.4) is 0 Å². The maximum Gasteiger partial charge on any atom is 0.407 e. The molecule has 0 bridgehead atoms. The van der Waals surface area contributed by atoms with Crippen LogP contribution in [0.15, 0.2) is 48.5 Å². The van der Waals surface area contributed by atoms with Crippen molar-refractivity contribution in [2.24, 2.45) is 5.92 Å². The fraction of sp³-hybridized carbons (Fsp3) is 0.500. The molecular formula is C28H37F2NO6Si. The molecule has 1 aliphatic rings. The second-order valence-corrected chi connectivity index (χ2v) is 16.2. The van der Waals surface area contributed by atoms with Gasteiger partial charge in [0.1, 0.15) is 18.2 Å². The predicted molar refractivity (Wildman–Crippen MR) is 141 cm³/mol. The molecule has 0 aromatic heterocycles. The normalized spacial score (nSPS) is 19.7. The molecular weight excluding hydrogens is 512 g/mol. The van der Waals surface area contributed by atoms with Gasteiger partial charge in [-0.05, 0) is 54.2 Å². The van der Waals surface area contributed by atoms with E-state index in [9.17, 15) is 28.6 Å². The number of esters is 1. The third-order valence-electron chi connectivity index (χ3n) is 7.48. The van der Waals surface area contributed by atoms with Crippen molar-refractivity contribution in [3.8, 4) is 0 Å². The van der Waals surface area contributed by atoms with Crippen molar-refractivity contribution < 1.29 is 37.7 Å². The topological polar surface area (TPSA) is 96.3 Å². The van der Waals surface area contributed by atoms with Crippen LogP contribution >= 0.6 is 0 Å². The summed E-state index contributed by atoms with van der Waals surface area (Å²) in [7, 11) is -2.61. The van der Waals surface area contributed by atoms with E-state index in [0.29, 0.717) is 0 Å². The van der Waals surface area contributed by atoms with Crippen molar-refractivity contribution in [3.05, 3.63) is 71.3 Å². The highest BCUT2D eigenvalue weighted by molar-refractivity contribution is 6.74. The minimum Gasteiger partial charge on any atom is -0.465 e. The number of ether oxygens (including phenoxy) is 1. The lowest BCUT2D eigenvalue weighted by molar-refractivity contribution is -0.155. The van der Waals surface area contributed by atoms with Crippen LogP contribution in [-0.2, 0) is 27.0 Å². The summed E-state index contributed by atoms with van der Waals surface area (Å²) >= 11 is 0. The van der Waals surface area contributed by atoms with E-state index in [1.54, 1.807) is 12.1 Å². The Labute approximate surface area is 223 Å². The number of likely N-dealkylation sites (tertiary alicyclic amines) is 1. The Balaban J connectivity index is 2.06. The highest BCUT2D eigenvalue weighted by Crippen LogP contribution is 2.41. The molecule has 0 radical (unpaired) electrons. The van der Waals surface area contributed by atoms with Gasteiger partial charge in [0, 0.05) is 6.07 Å². The Morgan fingerprint density at radius 3 is 2.24 bits per heavy atom.